The van der Waals surface area contributed by atoms with E-state index in [1.54, 1.807) is 43.4 Å². The van der Waals surface area contributed by atoms with Crippen LogP contribution in [0, 0.1) is 0 Å². The van der Waals surface area contributed by atoms with Crippen molar-refractivity contribution in [3.63, 3.8) is 0 Å². The summed E-state index contributed by atoms with van der Waals surface area (Å²) in [6.45, 7) is 1.87. The summed E-state index contributed by atoms with van der Waals surface area (Å²) < 4.78 is 5.60. The van der Waals surface area contributed by atoms with Gasteiger partial charge in [-0.15, -0.1) is 0 Å². The van der Waals surface area contributed by atoms with E-state index in [0.717, 1.165) is 5.56 Å². The number of hydrogen-bond acceptors (Lipinski definition) is 4. The Bertz CT molecular complexity index is 976. The predicted molar refractivity (Wildman–Crippen MR) is 112 cm³/mol. The number of nitrogens with one attached hydrogen (secondary N) is 1. The highest BCUT2D eigenvalue weighted by atomic mass is 35.5. The molecule has 3 rings (SSSR count). The Balaban J connectivity index is 1.59. The van der Waals surface area contributed by atoms with Crippen molar-refractivity contribution in [2.24, 2.45) is 0 Å². The van der Waals surface area contributed by atoms with Gasteiger partial charge in [-0.25, -0.2) is 4.98 Å². The number of pyridine rings is 1. The van der Waals surface area contributed by atoms with E-state index in [0.29, 0.717) is 22.3 Å². The third kappa shape index (κ3) is 5.33. The Labute approximate surface area is 174 Å². The van der Waals surface area contributed by atoms with E-state index >= 15 is 0 Å². The van der Waals surface area contributed by atoms with Crippen LogP contribution in [0.25, 0.3) is 0 Å². The molecule has 1 N–H and O–H groups in total. The largest absolute Gasteiger partial charge is 0.439 e. The summed E-state index contributed by atoms with van der Waals surface area (Å²) in [6.07, 6.45) is 1.43. The lowest BCUT2D eigenvalue weighted by Gasteiger charge is -2.24. The van der Waals surface area contributed by atoms with Crippen LogP contribution in [0.5, 0.6) is 11.6 Å². The van der Waals surface area contributed by atoms with Crippen molar-refractivity contribution in [1.82, 2.24) is 9.88 Å². The van der Waals surface area contributed by atoms with Crippen molar-refractivity contribution in [2.45, 2.75) is 13.0 Å². The summed E-state index contributed by atoms with van der Waals surface area (Å²) in [7, 11) is 1.60. The molecule has 0 aliphatic rings. The molecule has 0 bridgehead atoms. The molecule has 0 spiro atoms. The van der Waals surface area contributed by atoms with Gasteiger partial charge < -0.3 is 15.0 Å². The highest BCUT2D eigenvalue weighted by molar-refractivity contribution is 6.39. The lowest BCUT2D eigenvalue weighted by molar-refractivity contribution is -0.143. The number of nitrogens with zero attached hydrogens (tertiary/aromatic N) is 2. The van der Waals surface area contributed by atoms with Crippen molar-refractivity contribution in [1.29, 1.82) is 0 Å². The normalized spacial score (nSPS) is 11.4. The van der Waals surface area contributed by atoms with E-state index in [9.17, 15) is 9.59 Å². The highest BCUT2D eigenvalue weighted by Gasteiger charge is 2.23. The van der Waals surface area contributed by atoms with Crippen LogP contribution < -0.4 is 10.1 Å². The standard InChI is InChI=1S/C22H20ClN3O3/c1-15(16-6-4-3-5-7-16)26(2)22(28)21(27)25-18-10-13-20(24-14-18)29-19-11-8-17(23)9-12-19/h3-15H,1-2H3,(H,25,27)/t15-/m0/s1. The lowest BCUT2D eigenvalue weighted by atomic mass is 10.1. The molecule has 1 heterocycles. The fraction of sp³-hybridized carbons (Fsp3) is 0.136. The summed E-state index contributed by atoms with van der Waals surface area (Å²) in [6, 6.07) is 19.4. The molecule has 0 fully saturated rings. The van der Waals surface area contributed by atoms with Crippen molar-refractivity contribution in [2.75, 3.05) is 12.4 Å². The van der Waals surface area contributed by atoms with Gasteiger partial charge in [0.2, 0.25) is 5.88 Å². The number of benzene rings is 2. The van der Waals surface area contributed by atoms with Crippen LogP contribution in [0.2, 0.25) is 5.02 Å². The van der Waals surface area contributed by atoms with Crippen molar-refractivity contribution >= 4 is 29.1 Å². The van der Waals surface area contributed by atoms with E-state index in [-0.39, 0.29) is 6.04 Å². The number of ether oxygens (including phenoxy) is 1. The molecule has 6 nitrogen and oxygen atoms in total. The van der Waals surface area contributed by atoms with Gasteiger partial charge in [-0.05, 0) is 42.8 Å². The van der Waals surface area contributed by atoms with Gasteiger partial charge in [0.05, 0.1) is 17.9 Å². The second-order valence-corrected chi connectivity index (χ2v) is 6.83. The van der Waals surface area contributed by atoms with Crippen molar-refractivity contribution < 1.29 is 14.3 Å². The van der Waals surface area contributed by atoms with E-state index in [1.165, 1.54) is 11.1 Å². The molecule has 0 radical (unpaired) electrons. The van der Waals surface area contributed by atoms with E-state index in [4.69, 9.17) is 16.3 Å². The summed E-state index contributed by atoms with van der Waals surface area (Å²) in [5.74, 6) is -0.428. The zero-order valence-electron chi connectivity index (χ0n) is 16.0. The second-order valence-electron chi connectivity index (χ2n) is 6.40. The molecule has 7 heteroatoms. The van der Waals surface area contributed by atoms with Crippen LogP contribution in [-0.2, 0) is 9.59 Å². The van der Waals surface area contributed by atoms with Gasteiger partial charge in [0.1, 0.15) is 5.75 Å². The van der Waals surface area contributed by atoms with Gasteiger partial charge in [0.15, 0.2) is 0 Å². The summed E-state index contributed by atoms with van der Waals surface area (Å²) >= 11 is 5.84. The van der Waals surface area contributed by atoms with Crippen LogP contribution in [0.1, 0.15) is 18.5 Å². The Morgan fingerprint density at radius 3 is 2.34 bits per heavy atom. The molecule has 0 unspecified atom stereocenters. The summed E-state index contributed by atoms with van der Waals surface area (Å²) in [5, 5.41) is 3.17. The monoisotopic (exact) mass is 409 g/mol. The number of carbonyl (C=O) groups is 2. The molecule has 1 atom stereocenters. The van der Waals surface area contributed by atoms with Crippen LogP contribution in [0.3, 0.4) is 0 Å². The average Bonchev–Trinajstić information content (AvgIpc) is 2.75. The molecule has 148 valence electrons. The first kappa shape index (κ1) is 20.4. The molecule has 2 aromatic carbocycles. The predicted octanol–water partition coefficient (Wildman–Crippen LogP) is 4.69. The summed E-state index contributed by atoms with van der Waals surface area (Å²) in [4.78, 5) is 30.3. The molecule has 0 aliphatic carbocycles. The third-order valence-corrected chi connectivity index (χ3v) is 4.66. The Kier molecular flexibility index (Phi) is 6.46. The molecule has 2 amide bonds. The van der Waals surface area contributed by atoms with Gasteiger partial charge >= 0.3 is 11.8 Å². The number of halogens is 1. The SMILES string of the molecule is C[C@@H](c1ccccc1)N(C)C(=O)C(=O)Nc1ccc(Oc2ccc(Cl)cc2)nc1. The van der Waals surface area contributed by atoms with Crippen LogP contribution in [0.15, 0.2) is 72.9 Å². The van der Waals surface area contributed by atoms with E-state index in [1.807, 2.05) is 37.3 Å². The number of anilines is 1. The topological polar surface area (TPSA) is 71.5 Å². The van der Waals surface area contributed by atoms with Crippen molar-refractivity contribution in [3.05, 3.63) is 83.5 Å². The Hall–Kier alpha value is -3.38. The molecule has 0 saturated carbocycles. The number of likely N-dealkylation sites (N-methyl/N-ethyl adjacent to an activating group) is 1. The molecule has 0 aliphatic heterocycles. The quantitative estimate of drug-likeness (QED) is 0.621. The fourth-order valence-electron chi connectivity index (χ4n) is 2.61. The first-order valence-electron chi connectivity index (χ1n) is 8.96. The minimum absolute atomic E-state index is 0.234. The van der Waals surface area contributed by atoms with Crippen molar-refractivity contribution in [3.8, 4) is 11.6 Å². The summed E-state index contributed by atoms with van der Waals surface area (Å²) in [5.41, 5.74) is 1.34. The molecule has 0 saturated heterocycles. The van der Waals surface area contributed by atoms with Gasteiger partial charge in [-0.3, -0.25) is 9.59 Å². The highest BCUT2D eigenvalue weighted by Crippen LogP contribution is 2.22. The van der Waals surface area contributed by atoms with Crippen LogP contribution >= 0.6 is 11.6 Å². The Morgan fingerprint density at radius 1 is 1.03 bits per heavy atom. The van der Waals surface area contributed by atoms with E-state index in [2.05, 4.69) is 10.3 Å². The maximum Gasteiger partial charge on any atom is 0.313 e. The molecule has 3 aromatic rings. The molecule has 1 aromatic heterocycles. The molecular weight excluding hydrogens is 390 g/mol. The van der Waals surface area contributed by atoms with Gasteiger partial charge in [-0.1, -0.05) is 41.9 Å². The average molecular weight is 410 g/mol. The lowest BCUT2D eigenvalue weighted by Crippen LogP contribution is -2.38. The first-order chi connectivity index (χ1) is 13.9. The number of amides is 2. The number of hydrogen-bond donors (Lipinski definition) is 1. The maximum atomic E-state index is 12.5. The Morgan fingerprint density at radius 2 is 1.72 bits per heavy atom. The maximum absolute atomic E-state index is 12.5. The first-order valence-corrected chi connectivity index (χ1v) is 9.34. The molecule has 29 heavy (non-hydrogen) atoms. The second kappa shape index (κ2) is 9.21. The zero-order valence-corrected chi connectivity index (χ0v) is 16.8. The number of rotatable bonds is 5. The van der Waals surface area contributed by atoms with Gasteiger partial charge in [0.25, 0.3) is 0 Å². The third-order valence-electron chi connectivity index (χ3n) is 4.41. The van der Waals surface area contributed by atoms with E-state index < -0.39 is 11.8 Å². The number of carbonyl (C=O) groups excluding carboxylic acids is 2. The van der Waals surface area contributed by atoms with Gasteiger partial charge in [0, 0.05) is 18.1 Å². The molecular formula is C22H20ClN3O3. The minimum Gasteiger partial charge on any atom is -0.439 e. The van der Waals surface area contributed by atoms with Crippen LogP contribution in [-0.4, -0.2) is 28.7 Å². The number of aromatic nitrogens is 1. The minimum atomic E-state index is -0.733. The zero-order chi connectivity index (χ0) is 20.8. The van der Waals surface area contributed by atoms with Gasteiger partial charge in [-0.2, -0.15) is 0 Å². The van der Waals surface area contributed by atoms with Crippen LogP contribution in [0.4, 0.5) is 5.69 Å². The fourth-order valence-corrected chi connectivity index (χ4v) is 2.74. The smallest absolute Gasteiger partial charge is 0.313 e.